The van der Waals surface area contributed by atoms with Crippen LogP contribution in [0.15, 0.2) is 23.0 Å². The molecule has 0 fully saturated rings. The van der Waals surface area contributed by atoms with Crippen molar-refractivity contribution in [1.82, 2.24) is 15.2 Å². The highest BCUT2D eigenvalue weighted by atomic mass is 35.5. The van der Waals surface area contributed by atoms with E-state index in [1.807, 2.05) is 0 Å². The summed E-state index contributed by atoms with van der Waals surface area (Å²) in [6.45, 7) is 0. The maximum Gasteiger partial charge on any atom is 0.229 e. The van der Waals surface area contributed by atoms with Gasteiger partial charge in [-0.1, -0.05) is 0 Å². The summed E-state index contributed by atoms with van der Waals surface area (Å²) in [4.78, 5) is 4.02. The highest BCUT2D eigenvalue weighted by Crippen LogP contribution is 2.17. The Morgan fingerprint density at radius 2 is 2.42 bits per heavy atom. The van der Waals surface area contributed by atoms with Gasteiger partial charge in [0.15, 0.2) is 0 Å². The second-order valence-electron chi connectivity index (χ2n) is 2.25. The van der Waals surface area contributed by atoms with E-state index in [1.54, 1.807) is 18.6 Å². The maximum absolute atomic E-state index is 5.54. The molecule has 0 aliphatic heterocycles. The topological polar surface area (TPSA) is 54.7 Å². The van der Waals surface area contributed by atoms with E-state index in [9.17, 15) is 0 Å². The lowest BCUT2D eigenvalue weighted by molar-refractivity contribution is 0.537. The van der Waals surface area contributed by atoms with E-state index in [-0.39, 0.29) is 0 Å². The zero-order valence-electron chi connectivity index (χ0n) is 6.12. The van der Waals surface area contributed by atoms with Crippen LogP contribution < -0.4 is 0 Å². The third-order valence-electron chi connectivity index (χ3n) is 1.43. The molecule has 0 amide bonds. The number of aromatic nitrogens is 3. The average Bonchev–Trinajstić information content (AvgIpc) is 2.75. The van der Waals surface area contributed by atoms with E-state index in [2.05, 4.69) is 15.2 Å². The monoisotopic (exact) mass is 183 g/mol. The molecular formula is C7H6ClN3O. The SMILES string of the molecule is ClCc1cnc(-c2cn[nH]c2)o1. The van der Waals surface area contributed by atoms with E-state index in [4.69, 9.17) is 16.0 Å². The first-order valence-corrected chi connectivity index (χ1v) is 3.93. The first-order valence-electron chi connectivity index (χ1n) is 3.40. The molecule has 0 unspecified atom stereocenters. The van der Waals surface area contributed by atoms with Gasteiger partial charge in [0.1, 0.15) is 5.76 Å². The van der Waals surface area contributed by atoms with Crippen molar-refractivity contribution < 1.29 is 4.42 Å². The van der Waals surface area contributed by atoms with Gasteiger partial charge in [-0.05, 0) is 0 Å². The molecule has 12 heavy (non-hydrogen) atoms. The number of H-pyrrole nitrogens is 1. The molecule has 0 spiro atoms. The van der Waals surface area contributed by atoms with Crippen molar-refractivity contribution in [2.45, 2.75) is 5.88 Å². The predicted octanol–water partition coefficient (Wildman–Crippen LogP) is 1.80. The largest absolute Gasteiger partial charge is 0.440 e. The Labute approximate surface area is 73.6 Å². The molecule has 0 aliphatic carbocycles. The molecule has 0 saturated heterocycles. The number of oxazole rings is 1. The highest BCUT2D eigenvalue weighted by molar-refractivity contribution is 6.16. The number of alkyl halides is 1. The minimum absolute atomic E-state index is 0.338. The summed E-state index contributed by atoms with van der Waals surface area (Å²) in [7, 11) is 0. The molecule has 0 radical (unpaired) electrons. The summed E-state index contributed by atoms with van der Waals surface area (Å²) < 4.78 is 5.27. The van der Waals surface area contributed by atoms with Crippen molar-refractivity contribution in [3.63, 3.8) is 0 Å². The summed E-state index contributed by atoms with van der Waals surface area (Å²) in [6, 6.07) is 0. The highest BCUT2D eigenvalue weighted by Gasteiger charge is 2.05. The van der Waals surface area contributed by atoms with Crippen molar-refractivity contribution in [3.8, 4) is 11.5 Å². The van der Waals surface area contributed by atoms with Crippen LogP contribution in [0.2, 0.25) is 0 Å². The molecule has 2 aromatic heterocycles. The molecule has 0 atom stereocenters. The fraction of sp³-hybridized carbons (Fsp3) is 0.143. The van der Waals surface area contributed by atoms with Gasteiger partial charge >= 0.3 is 0 Å². The minimum Gasteiger partial charge on any atom is -0.440 e. The van der Waals surface area contributed by atoms with Crippen LogP contribution in [0.25, 0.3) is 11.5 Å². The van der Waals surface area contributed by atoms with Gasteiger partial charge in [-0.15, -0.1) is 11.6 Å². The van der Waals surface area contributed by atoms with Crippen molar-refractivity contribution in [1.29, 1.82) is 0 Å². The number of nitrogens with one attached hydrogen (secondary N) is 1. The summed E-state index contributed by atoms with van der Waals surface area (Å²) in [5.41, 5.74) is 0.825. The maximum atomic E-state index is 5.54. The Hall–Kier alpha value is -1.29. The van der Waals surface area contributed by atoms with Gasteiger partial charge in [0.05, 0.1) is 23.8 Å². The van der Waals surface area contributed by atoms with Gasteiger partial charge in [-0.2, -0.15) is 5.10 Å². The predicted molar refractivity (Wildman–Crippen MR) is 43.6 cm³/mol. The average molecular weight is 184 g/mol. The van der Waals surface area contributed by atoms with Crippen LogP contribution in [-0.2, 0) is 5.88 Å². The molecule has 4 nitrogen and oxygen atoms in total. The minimum atomic E-state index is 0.338. The number of rotatable bonds is 2. The number of nitrogens with zero attached hydrogens (tertiary/aromatic N) is 2. The zero-order chi connectivity index (χ0) is 8.39. The van der Waals surface area contributed by atoms with Gasteiger partial charge in [-0.25, -0.2) is 4.98 Å². The van der Waals surface area contributed by atoms with Gasteiger partial charge in [0, 0.05) is 6.20 Å². The Bertz CT molecular complexity index is 354. The van der Waals surface area contributed by atoms with E-state index < -0.39 is 0 Å². The van der Waals surface area contributed by atoms with Crippen LogP contribution in [0.3, 0.4) is 0 Å². The van der Waals surface area contributed by atoms with Crippen molar-refractivity contribution in [2.75, 3.05) is 0 Å². The number of hydrogen-bond acceptors (Lipinski definition) is 3. The van der Waals surface area contributed by atoms with Crippen LogP contribution >= 0.6 is 11.6 Å². The molecule has 0 saturated carbocycles. The summed E-state index contributed by atoms with van der Waals surface area (Å²) >= 11 is 5.54. The summed E-state index contributed by atoms with van der Waals surface area (Å²) in [6.07, 6.45) is 4.96. The van der Waals surface area contributed by atoms with E-state index in [0.29, 0.717) is 17.5 Å². The number of halogens is 1. The van der Waals surface area contributed by atoms with Crippen molar-refractivity contribution in [3.05, 3.63) is 24.4 Å². The molecule has 62 valence electrons. The lowest BCUT2D eigenvalue weighted by atomic mass is 10.4. The smallest absolute Gasteiger partial charge is 0.229 e. The second-order valence-corrected chi connectivity index (χ2v) is 2.52. The third-order valence-corrected chi connectivity index (χ3v) is 1.69. The lowest BCUT2D eigenvalue weighted by Gasteiger charge is -1.85. The van der Waals surface area contributed by atoms with Gasteiger partial charge in [0.2, 0.25) is 5.89 Å². The van der Waals surface area contributed by atoms with Crippen LogP contribution in [0.1, 0.15) is 5.76 Å². The van der Waals surface area contributed by atoms with Crippen LogP contribution in [-0.4, -0.2) is 15.2 Å². The zero-order valence-corrected chi connectivity index (χ0v) is 6.88. The van der Waals surface area contributed by atoms with E-state index in [1.165, 1.54) is 0 Å². The fourth-order valence-electron chi connectivity index (χ4n) is 0.871. The van der Waals surface area contributed by atoms with Gasteiger partial charge in [0.25, 0.3) is 0 Å². The molecule has 2 aromatic rings. The first kappa shape index (κ1) is 7.36. The fourth-order valence-corrected chi connectivity index (χ4v) is 0.994. The van der Waals surface area contributed by atoms with E-state index in [0.717, 1.165) is 5.56 Å². The quantitative estimate of drug-likeness (QED) is 0.723. The van der Waals surface area contributed by atoms with Crippen LogP contribution in [0.5, 0.6) is 0 Å². The van der Waals surface area contributed by atoms with E-state index >= 15 is 0 Å². The Morgan fingerprint density at radius 3 is 3.00 bits per heavy atom. The first-order chi connectivity index (χ1) is 5.90. The molecular weight excluding hydrogens is 178 g/mol. The van der Waals surface area contributed by atoms with Crippen molar-refractivity contribution in [2.24, 2.45) is 0 Å². The van der Waals surface area contributed by atoms with Gasteiger partial charge < -0.3 is 4.42 Å². The molecule has 5 heteroatoms. The van der Waals surface area contributed by atoms with Crippen LogP contribution in [0, 0.1) is 0 Å². The molecule has 0 aliphatic rings. The number of hydrogen-bond donors (Lipinski definition) is 1. The molecule has 0 aromatic carbocycles. The third kappa shape index (κ3) is 1.21. The molecule has 2 heterocycles. The van der Waals surface area contributed by atoms with Crippen LogP contribution in [0.4, 0.5) is 0 Å². The Morgan fingerprint density at radius 1 is 1.50 bits per heavy atom. The normalized spacial score (nSPS) is 10.4. The summed E-state index contributed by atoms with van der Waals surface area (Å²) in [5, 5.41) is 6.45. The lowest BCUT2D eigenvalue weighted by Crippen LogP contribution is -1.69. The Kier molecular flexibility index (Phi) is 1.83. The second kappa shape index (κ2) is 2.98. The molecule has 2 rings (SSSR count). The Balaban J connectivity index is 2.35. The summed E-state index contributed by atoms with van der Waals surface area (Å²) in [5.74, 6) is 1.54. The standard InChI is InChI=1S/C7H6ClN3O/c8-1-6-4-9-7(12-6)5-2-10-11-3-5/h2-4H,1H2,(H,10,11). The van der Waals surface area contributed by atoms with Crippen molar-refractivity contribution >= 4 is 11.6 Å². The molecule has 1 N–H and O–H groups in total. The van der Waals surface area contributed by atoms with Gasteiger partial charge in [-0.3, -0.25) is 5.10 Å². The molecule has 0 bridgehead atoms. The number of aromatic amines is 1.